The Bertz CT molecular complexity index is 919. The molecule has 0 atom stereocenters. The molecule has 1 aliphatic rings. The normalized spacial score (nSPS) is 15.5. The fourth-order valence-electron chi connectivity index (χ4n) is 2.99. The summed E-state index contributed by atoms with van der Waals surface area (Å²) in [7, 11) is -3.64. The van der Waals surface area contributed by atoms with E-state index < -0.39 is 16.0 Å². The summed E-state index contributed by atoms with van der Waals surface area (Å²) in [5, 5.41) is 0.168. The maximum atomic E-state index is 12.8. The van der Waals surface area contributed by atoms with Crippen molar-refractivity contribution in [2.24, 2.45) is 0 Å². The predicted octanol–water partition coefficient (Wildman–Crippen LogP) is 4.18. The van der Waals surface area contributed by atoms with Gasteiger partial charge < -0.3 is 4.74 Å². The second-order valence-corrected chi connectivity index (χ2v) is 9.01. The Hall–Kier alpha value is -1.89. The number of aryl methyl sites for hydroxylation is 1. The Morgan fingerprint density at radius 2 is 1.74 bits per heavy atom. The van der Waals surface area contributed by atoms with Gasteiger partial charge in [-0.05, 0) is 43.5 Å². The molecule has 1 fully saturated rings. The van der Waals surface area contributed by atoms with E-state index in [1.807, 2.05) is 31.2 Å². The number of rotatable bonds is 5. The molecule has 0 aliphatic carbocycles. The van der Waals surface area contributed by atoms with Crippen LogP contribution in [0, 0.1) is 6.92 Å². The molecule has 2 aromatic carbocycles. The van der Waals surface area contributed by atoms with Crippen molar-refractivity contribution in [2.75, 3.05) is 13.1 Å². The van der Waals surface area contributed by atoms with Crippen molar-refractivity contribution in [1.29, 1.82) is 0 Å². The molecule has 0 bridgehead atoms. The molecule has 0 amide bonds. The largest absolute Gasteiger partial charge is 0.457 e. The van der Waals surface area contributed by atoms with Crippen LogP contribution >= 0.6 is 11.6 Å². The highest BCUT2D eigenvalue weighted by molar-refractivity contribution is 7.89. The van der Waals surface area contributed by atoms with Crippen LogP contribution in [-0.2, 0) is 21.4 Å². The molecule has 0 unspecified atom stereocenters. The van der Waals surface area contributed by atoms with Crippen LogP contribution in [0.1, 0.15) is 40.7 Å². The first-order valence-electron chi connectivity index (χ1n) is 8.90. The average Bonchev–Trinajstić information content (AvgIpc) is 2.68. The van der Waals surface area contributed by atoms with E-state index in [1.165, 1.54) is 22.5 Å². The van der Waals surface area contributed by atoms with E-state index in [-0.39, 0.29) is 22.1 Å². The van der Waals surface area contributed by atoms with E-state index in [9.17, 15) is 13.2 Å². The maximum Gasteiger partial charge on any atom is 0.340 e. The van der Waals surface area contributed by atoms with Crippen molar-refractivity contribution >= 4 is 27.6 Å². The molecular formula is C20H22ClNO4S. The standard InChI is InChI=1S/C20H22ClNO4S/c1-15-5-7-16(8-6-15)14-26-20(23)18-13-17(9-10-19(18)21)27(24,25)22-11-3-2-4-12-22/h5-10,13H,2-4,11-12,14H2,1H3. The molecule has 0 aromatic heterocycles. The first kappa shape index (κ1) is 19.9. The third-order valence-electron chi connectivity index (χ3n) is 4.60. The van der Waals surface area contributed by atoms with Gasteiger partial charge in [-0.1, -0.05) is 47.9 Å². The number of hydrogen-bond donors (Lipinski definition) is 0. The van der Waals surface area contributed by atoms with Crippen LogP contribution in [0.2, 0.25) is 5.02 Å². The van der Waals surface area contributed by atoms with Crippen LogP contribution in [0.3, 0.4) is 0 Å². The monoisotopic (exact) mass is 407 g/mol. The zero-order valence-electron chi connectivity index (χ0n) is 15.2. The number of hydrogen-bond acceptors (Lipinski definition) is 4. The maximum absolute atomic E-state index is 12.8. The lowest BCUT2D eigenvalue weighted by Gasteiger charge is -2.26. The zero-order valence-corrected chi connectivity index (χ0v) is 16.7. The van der Waals surface area contributed by atoms with Gasteiger partial charge in [-0.2, -0.15) is 4.31 Å². The van der Waals surface area contributed by atoms with E-state index in [0.29, 0.717) is 13.1 Å². The Morgan fingerprint density at radius 1 is 1.07 bits per heavy atom. The number of carbonyl (C=O) groups is 1. The summed E-state index contributed by atoms with van der Waals surface area (Å²) in [6, 6.07) is 11.8. The summed E-state index contributed by atoms with van der Waals surface area (Å²) < 4.78 is 32.4. The zero-order chi connectivity index (χ0) is 19.4. The highest BCUT2D eigenvalue weighted by Crippen LogP contribution is 2.25. The van der Waals surface area contributed by atoms with Gasteiger partial charge in [0.1, 0.15) is 6.61 Å². The molecule has 0 spiro atoms. The molecule has 2 aromatic rings. The molecule has 0 saturated carbocycles. The summed E-state index contributed by atoms with van der Waals surface area (Å²) in [4.78, 5) is 12.5. The first-order chi connectivity index (χ1) is 12.9. The van der Waals surface area contributed by atoms with Crippen LogP contribution in [0.5, 0.6) is 0 Å². The van der Waals surface area contributed by atoms with Gasteiger partial charge in [0, 0.05) is 13.1 Å². The smallest absolute Gasteiger partial charge is 0.340 e. The molecule has 0 N–H and O–H groups in total. The van der Waals surface area contributed by atoms with Crippen molar-refractivity contribution in [3.05, 3.63) is 64.2 Å². The number of esters is 1. The quantitative estimate of drug-likeness (QED) is 0.697. The number of halogens is 1. The lowest BCUT2D eigenvalue weighted by Crippen LogP contribution is -2.35. The van der Waals surface area contributed by atoms with E-state index in [1.54, 1.807) is 0 Å². The first-order valence-corrected chi connectivity index (χ1v) is 10.7. The SMILES string of the molecule is Cc1ccc(COC(=O)c2cc(S(=O)(=O)N3CCCCC3)ccc2Cl)cc1. The predicted molar refractivity (Wildman–Crippen MR) is 104 cm³/mol. The molecule has 0 radical (unpaired) electrons. The fraction of sp³-hybridized carbons (Fsp3) is 0.350. The Kier molecular flexibility index (Phi) is 6.19. The topological polar surface area (TPSA) is 63.7 Å². The summed E-state index contributed by atoms with van der Waals surface area (Å²) in [6.07, 6.45) is 2.72. The number of sulfonamides is 1. The Balaban J connectivity index is 1.78. The second-order valence-electron chi connectivity index (χ2n) is 6.67. The van der Waals surface area contributed by atoms with E-state index in [2.05, 4.69) is 0 Å². The minimum Gasteiger partial charge on any atom is -0.457 e. The summed E-state index contributed by atoms with van der Waals surface area (Å²) >= 11 is 6.12. The highest BCUT2D eigenvalue weighted by Gasteiger charge is 2.27. The molecule has 1 saturated heterocycles. The van der Waals surface area contributed by atoms with Crippen LogP contribution in [0.15, 0.2) is 47.4 Å². The molecule has 144 valence electrons. The highest BCUT2D eigenvalue weighted by atomic mass is 35.5. The van der Waals surface area contributed by atoms with Crippen LogP contribution in [0.4, 0.5) is 0 Å². The van der Waals surface area contributed by atoms with Gasteiger partial charge in [0.2, 0.25) is 10.0 Å². The summed E-state index contributed by atoms with van der Waals surface area (Å²) in [5.74, 6) is -0.642. The molecule has 5 nitrogen and oxygen atoms in total. The number of ether oxygens (including phenoxy) is 1. The number of nitrogens with zero attached hydrogens (tertiary/aromatic N) is 1. The summed E-state index contributed by atoms with van der Waals surface area (Å²) in [5.41, 5.74) is 2.02. The second kappa shape index (κ2) is 8.42. The molecule has 3 rings (SSSR count). The van der Waals surface area contributed by atoms with Gasteiger partial charge in [0.25, 0.3) is 0 Å². The molecule has 1 heterocycles. The number of carbonyl (C=O) groups excluding carboxylic acids is 1. The Labute approximate surface area is 165 Å². The van der Waals surface area contributed by atoms with Crippen molar-refractivity contribution in [1.82, 2.24) is 4.31 Å². The fourth-order valence-corrected chi connectivity index (χ4v) is 4.73. The lowest BCUT2D eigenvalue weighted by molar-refractivity contribution is 0.0472. The molecular weight excluding hydrogens is 386 g/mol. The van der Waals surface area contributed by atoms with Crippen molar-refractivity contribution in [3.63, 3.8) is 0 Å². The number of benzene rings is 2. The van der Waals surface area contributed by atoms with Gasteiger partial charge in [-0.3, -0.25) is 0 Å². The van der Waals surface area contributed by atoms with Gasteiger partial charge in [-0.25, -0.2) is 13.2 Å². The van der Waals surface area contributed by atoms with E-state index in [4.69, 9.17) is 16.3 Å². The van der Waals surface area contributed by atoms with Crippen molar-refractivity contribution in [2.45, 2.75) is 37.7 Å². The van der Waals surface area contributed by atoms with E-state index >= 15 is 0 Å². The lowest BCUT2D eigenvalue weighted by atomic mass is 10.2. The molecule has 27 heavy (non-hydrogen) atoms. The van der Waals surface area contributed by atoms with E-state index in [0.717, 1.165) is 30.4 Å². The summed E-state index contributed by atoms with van der Waals surface area (Å²) in [6.45, 7) is 3.07. The van der Waals surface area contributed by atoms with Crippen LogP contribution in [0.25, 0.3) is 0 Å². The van der Waals surface area contributed by atoms with Crippen LogP contribution in [-0.4, -0.2) is 31.8 Å². The van der Waals surface area contributed by atoms with Gasteiger partial charge in [0.05, 0.1) is 15.5 Å². The van der Waals surface area contributed by atoms with Crippen LogP contribution < -0.4 is 0 Å². The number of piperidine rings is 1. The minimum atomic E-state index is -3.64. The van der Waals surface area contributed by atoms with Gasteiger partial charge in [0.15, 0.2) is 0 Å². The third-order valence-corrected chi connectivity index (χ3v) is 6.83. The molecule has 7 heteroatoms. The minimum absolute atomic E-state index is 0.0573. The molecule has 1 aliphatic heterocycles. The van der Waals surface area contributed by atoms with Crippen molar-refractivity contribution in [3.8, 4) is 0 Å². The third kappa shape index (κ3) is 4.69. The van der Waals surface area contributed by atoms with Crippen molar-refractivity contribution < 1.29 is 17.9 Å². The van der Waals surface area contributed by atoms with Gasteiger partial charge in [-0.15, -0.1) is 0 Å². The Morgan fingerprint density at radius 3 is 2.41 bits per heavy atom. The average molecular weight is 408 g/mol. The van der Waals surface area contributed by atoms with Gasteiger partial charge >= 0.3 is 5.97 Å².